The second-order valence-corrected chi connectivity index (χ2v) is 6.42. The SMILES string of the molecule is Cn1cc(C(=O)N2CCC(N3CCOCC3)C2)c(-c2ccoc2)n1. The summed E-state index contributed by atoms with van der Waals surface area (Å²) >= 11 is 0. The topological polar surface area (TPSA) is 63.7 Å². The molecule has 0 radical (unpaired) electrons. The molecule has 2 aromatic heterocycles. The molecule has 4 heterocycles. The molecule has 24 heavy (non-hydrogen) atoms. The Hall–Kier alpha value is -2.12. The van der Waals surface area contributed by atoms with E-state index in [1.54, 1.807) is 23.4 Å². The smallest absolute Gasteiger partial charge is 0.257 e. The van der Waals surface area contributed by atoms with E-state index in [0.29, 0.717) is 17.3 Å². The first-order valence-electron chi connectivity index (χ1n) is 8.39. The Morgan fingerprint density at radius 1 is 1.29 bits per heavy atom. The van der Waals surface area contributed by atoms with Crippen LogP contribution in [0.25, 0.3) is 11.3 Å². The van der Waals surface area contributed by atoms with Gasteiger partial charge in [0.25, 0.3) is 5.91 Å². The Morgan fingerprint density at radius 2 is 2.12 bits per heavy atom. The molecule has 2 fully saturated rings. The minimum atomic E-state index is 0.0510. The van der Waals surface area contributed by atoms with Crippen LogP contribution >= 0.6 is 0 Å². The number of likely N-dealkylation sites (tertiary alicyclic amines) is 1. The minimum absolute atomic E-state index is 0.0510. The standard InChI is InChI=1S/C17H22N4O3/c1-19-11-15(16(18-19)13-3-7-24-12-13)17(22)21-4-2-14(10-21)20-5-8-23-9-6-20/h3,7,11-12,14H,2,4-6,8-10H2,1H3. The number of ether oxygens (including phenoxy) is 1. The summed E-state index contributed by atoms with van der Waals surface area (Å²) in [5.74, 6) is 0.0510. The van der Waals surface area contributed by atoms with Crippen molar-refractivity contribution in [3.8, 4) is 11.3 Å². The molecule has 2 aliphatic rings. The van der Waals surface area contributed by atoms with Crippen LogP contribution in [0, 0.1) is 0 Å². The highest BCUT2D eigenvalue weighted by molar-refractivity contribution is 5.99. The van der Waals surface area contributed by atoms with Gasteiger partial charge in [-0.15, -0.1) is 0 Å². The van der Waals surface area contributed by atoms with Crippen molar-refractivity contribution >= 4 is 5.91 Å². The van der Waals surface area contributed by atoms with Crippen LogP contribution in [0.3, 0.4) is 0 Å². The Kier molecular flexibility index (Phi) is 4.12. The van der Waals surface area contributed by atoms with Gasteiger partial charge in [-0.3, -0.25) is 14.4 Å². The lowest BCUT2D eigenvalue weighted by Gasteiger charge is -2.32. The maximum absolute atomic E-state index is 13.0. The van der Waals surface area contributed by atoms with Gasteiger partial charge in [0, 0.05) is 51.0 Å². The normalized spacial score (nSPS) is 22.2. The van der Waals surface area contributed by atoms with Gasteiger partial charge in [-0.1, -0.05) is 0 Å². The van der Waals surface area contributed by atoms with Gasteiger partial charge in [0.05, 0.1) is 31.3 Å². The summed E-state index contributed by atoms with van der Waals surface area (Å²) in [6.45, 7) is 5.06. The first kappa shape index (κ1) is 15.4. The first-order valence-corrected chi connectivity index (χ1v) is 8.39. The van der Waals surface area contributed by atoms with Gasteiger partial charge in [0.15, 0.2) is 0 Å². The Labute approximate surface area is 140 Å². The molecular formula is C17H22N4O3. The molecule has 0 aromatic carbocycles. The van der Waals surface area contributed by atoms with Crippen molar-refractivity contribution in [1.29, 1.82) is 0 Å². The van der Waals surface area contributed by atoms with Crippen LogP contribution in [-0.4, -0.2) is 70.9 Å². The van der Waals surface area contributed by atoms with Gasteiger partial charge in [-0.05, 0) is 12.5 Å². The molecule has 1 atom stereocenters. The molecule has 4 rings (SSSR count). The summed E-state index contributed by atoms with van der Waals surface area (Å²) in [6, 6.07) is 2.27. The highest BCUT2D eigenvalue weighted by Crippen LogP contribution is 2.26. The second kappa shape index (κ2) is 6.41. The van der Waals surface area contributed by atoms with E-state index in [-0.39, 0.29) is 5.91 Å². The Morgan fingerprint density at radius 3 is 2.88 bits per heavy atom. The van der Waals surface area contributed by atoms with Crippen LogP contribution < -0.4 is 0 Å². The molecule has 0 saturated carbocycles. The molecule has 7 nitrogen and oxygen atoms in total. The molecule has 0 N–H and O–H groups in total. The third-order valence-corrected chi connectivity index (χ3v) is 4.87. The number of hydrogen-bond acceptors (Lipinski definition) is 5. The van der Waals surface area contributed by atoms with E-state index < -0.39 is 0 Å². The lowest BCUT2D eigenvalue weighted by molar-refractivity contribution is 0.0185. The summed E-state index contributed by atoms with van der Waals surface area (Å²) in [6.07, 6.45) is 6.04. The fourth-order valence-electron chi connectivity index (χ4n) is 3.59. The molecule has 0 bridgehead atoms. The lowest BCUT2D eigenvalue weighted by atomic mass is 10.1. The largest absolute Gasteiger partial charge is 0.472 e. The van der Waals surface area contributed by atoms with E-state index in [2.05, 4.69) is 10.00 Å². The van der Waals surface area contributed by atoms with Gasteiger partial charge in [0.2, 0.25) is 0 Å². The minimum Gasteiger partial charge on any atom is -0.472 e. The van der Waals surface area contributed by atoms with Gasteiger partial charge >= 0.3 is 0 Å². The number of aromatic nitrogens is 2. The number of aryl methyl sites for hydroxylation is 1. The Bertz CT molecular complexity index is 703. The maximum atomic E-state index is 13.0. The number of rotatable bonds is 3. The molecule has 2 saturated heterocycles. The van der Waals surface area contributed by atoms with Crippen molar-refractivity contribution in [3.63, 3.8) is 0 Å². The van der Waals surface area contributed by atoms with Crippen LogP contribution in [0.2, 0.25) is 0 Å². The van der Waals surface area contributed by atoms with Crippen molar-refractivity contribution in [2.75, 3.05) is 39.4 Å². The second-order valence-electron chi connectivity index (χ2n) is 6.42. The number of nitrogens with zero attached hydrogens (tertiary/aromatic N) is 4. The van der Waals surface area contributed by atoms with Crippen LogP contribution in [0.5, 0.6) is 0 Å². The summed E-state index contributed by atoms with van der Waals surface area (Å²) in [4.78, 5) is 17.4. The zero-order chi connectivity index (χ0) is 16.5. The van der Waals surface area contributed by atoms with Gasteiger partial charge in [-0.25, -0.2) is 0 Å². The number of carbonyl (C=O) groups is 1. The van der Waals surface area contributed by atoms with E-state index in [1.165, 1.54) is 0 Å². The van der Waals surface area contributed by atoms with Gasteiger partial charge in [0.1, 0.15) is 5.69 Å². The predicted molar refractivity (Wildman–Crippen MR) is 87.6 cm³/mol. The number of morpholine rings is 1. The average molecular weight is 330 g/mol. The number of amides is 1. The van der Waals surface area contributed by atoms with E-state index in [9.17, 15) is 4.79 Å². The highest BCUT2D eigenvalue weighted by atomic mass is 16.5. The quantitative estimate of drug-likeness (QED) is 0.847. The average Bonchev–Trinajstić information content (AvgIpc) is 3.35. The number of carbonyl (C=O) groups excluding carboxylic acids is 1. The van der Waals surface area contributed by atoms with Crippen LogP contribution in [0.1, 0.15) is 16.8 Å². The Balaban J connectivity index is 1.51. The molecule has 0 aliphatic carbocycles. The van der Waals surface area contributed by atoms with Crippen molar-refractivity contribution in [2.24, 2.45) is 7.05 Å². The molecule has 128 valence electrons. The van der Waals surface area contributed by atoms with Crippen molar-refractivity contribution in [2.45, 2.75) is 12.5 Å². The lowest BCUT2D eigenvalue weighted by Crippen LogP contribution is -2.45. The molecule has 2 aliphatic heterocycles. The third-order valence-electron chi connectivity index (χ3n) is 4.87. The van der Waals surface area contributed by atoms with Gasteiger partial charge in [-0.2, -0.15) is 5.10 Å². The zero-order valence-electron chi connectivity index (χ0n) is 13.9. The predicted octanol–water partition coefficient (Wildman–Crippen LogP) is 1.23. The van der Waals surface area contributed by atoms with E-state index in [0.717, 1.165) is 51.4 Å². The van der Waals surface area contributed by atoms with E-state index in [1.807, 2.05) is 18.0 Å². The monoisotopic (exact) mass is 330 g/mol. The summed E-state index contributed by atoms with van der Waals surface area (Å²) in [5, 5.41) is 4.44. The van der Waals surface area contributed by atoms with Crippen molar-refractivity contribution in [1.82, 2.24) is 19.6 Å². The molecule has 7 heteroatoms. The highest BCUT2D eigenvalue weighted by Gasteiger charge is 2.33. The van der Waals surface area contributed by atoms with E-state index in [4.69, 9.17) is 9.15 Å². The third kappa shape index (κ3) is 2.85. The van der Waals surface area contributed by atoms with Crippen LogP contribution in [-0.2, 0) is 11.8 Å². The fraction of sp³-hybridized carbons (Fsp3) is 0.529. The number of furan rings is 1. The fourth-order valence-corrected chi connectivity index (χ4v) is 3.59. The zero-order valence-corrected chi connectivity index (χ0v) is 13.9. The molecule has 0 spiro atoms. The van der Waals surface area contributed by atoms with Gasteiger partial charge < -0.3 is 14.1 Å². The number of hydrogen-bond donors (Lipinski definition) is 0. The van der Waals surface area contributed by atoms with Crippen LogP contribution in [0.15, 0.2) is 29.2 Å². The molecule has 1 unspecified atom stereocenters. The van der Waals surface area contributed by atoms with Crippen LogP contribution in [0.4, 0.5) is 0 Å². The first-order chi connectivity index (χ1) is 11.7. The summed E-state index contributed by atoms with van der Waals surface area (Å²) in [5.41, 5.74) is 2.16. The summed E-state index contributed by atoms with van der Waals surface area (Å²) in [7, 11) is 1.83. The maximum Gasteiger partial charge on any atom is 0.257 e. The molecule has 2 aromatic rings. The van der Waals surface area contributed by atoms with Crippen molar-refractivity contribution < 1.29 is 13.9 Å². The molecular weight excluding hydrogens is 308 g/mol. The van der Waals surface area contributed by atoms with Crippen molar-refractivity contribution in [3.05, 3.63) is 30.4 Å². The summed E-state index contributed by atoms with van der Waals surface area (Å²) < 4.78 is 12.2. The van der Waals surface area contributed by atoms with E-state index >= 15 is 0 Å². The molecule has 1 amide bonds.